The Morgan fingerprint density at radius 1 is 1.73 bits per heavy atom. The molecule has 2 heteroatoms. The summed E-state index contributed by atoms with van der Waals surface area (Å²) in [5, 5.41) is 0. The molecule has 1 radical (unpaired) electrons. The smallest absolute Gasteiger partial charge is 0.170 e. The van der Waals surface area contributed by atoms with E-state index in [0.717, 1.165) is 13.0 Å². The van der Waals surface area contributed by atoms with Crippen LogP contribution < -0.4 is 0 Å². The van der Waals surface area contributed by atoms with Gasteiger partial charge in [-0.2, -0.15) is 0 Å². The fraction of sp³-hybridized carbons (Fsp3) is 0.444. The quantitative estimate of drug-likeness (QED) is 0.546. The number of ketones is 1. The lowest BCUT2D eigenvalue weighted by atomic mass is 9.95. The average Bonchev–Trinajstić information content (AvgIpc) is 2.78. The highest BCUT2D eigenvalue weighted by Gasteiger charge is 2.28. The van der Waals surface area contributed by atoms with Gasteiger partial charge in [-0.05, 0) is 6.42 Å². The van der Waals surface area contributed by atoms with E-state index in [1.165, 1.54) is 0 Å². The van der Waals surface area contributed by atoms with Crippen LogP contribution in [0.25, 0.3) is 0 Å². The lowest BCUT2D eigenvalue weighted by Gasteiger charge is -2.08. The molecule has 0 aromatic rings. The Morgan fingerprint density at radius 3 is 3.18 bits per heavy atom. The van der Waals surface area contributed by atoms with Crippen molar-refractivity contribution in [2.24, 2.45) is 5.92 Å². The predicted octanol–water partition coefficient (Wildman–Crippen LogP) is 0.890. The first-order valence-corrected chi connectivity index (χ1v) is 3.78. The number of rotatable bonds is 2. The standard InChI is InChI=1S/C9H9O2/c10-9-4-2-1-3-7(9)5-8-6-11-8/h1-3,7-8H,5-6H2. The molecule has 0 saturated carbocycles. The van der Waals surface area contributed by atoms with Gasteiger partial charge in [0, 0.05) is 12.0 Å². The Balaban J connectivity index is 1.95. The highest BCUT2D eigenvalue weighted by atomic mass is 16.6. The second-order valence-corrected chi connectivity index (χ2v) is 2.86. The summed E-state index contributed by atoms with van der Waals surface area (Å²) >= 11 is 0. The van der Waals surface area contributed by atoms with Crippen LogP contribution in [0.1, 0.15) is 6.42 Å². The van der Waals surface area contributed by atoms with Crippen LogP contribution in [0.3, 0.4) is 0 Å². The molecule has 1 aliphatic heterocycles. The first kappa shape index (κ1) is 6.80. The number of Topliss-reactive ketones (excluding diaryl/α,β-unsaturated/α-hetero) is 1. The van der Waals surface area contributed by atoms with Crippen LogP contribution in [-0.4, -0.2) is 18.5 Å². The Morgan fingerprint density at radius 2 is 2.55 bits per heavy atom. The third-order valence-electron chi connectivity index (χ3n) is 1.92. The SMILES string of the molecule is O=C1[C]=CC=CC1CC1CO1. The van der Waals surface area contributed by atoms with Crippen LogP contribution in [-0.2, 0) is 9.53 Å². The van der Waals surface area contributed by atoms with E-state index in [-0.39, 0.29) is 11.7 Å². The molecule has 1 heterocycles. The highest BCUT2D eigenvalue weighted by Crippen LogP contribution is 2.22. The first-order chi connectivity index (χ1) is 5.36. The van der Waals surface area contributed by atoms with Gasteiger partial charge in [-0.1, -0.05) is 18.2 Å². The van der Waals surface area contributed by atoms with Gasteiger partial charge < -0.3 is 4.74 Å². The maximum atomic E-state index is 11.1. The molecule has 11 heavy (non-hydrogen) atoms. The van der Waals surface area contributed by atoms with Gasteiger partial charge in [-0.3, -0.25) is 4.79 Å². The molecule has 2 atom stereocenters. The molecule has 0 aromatic heterocycles. The number of hydrogen-bond acceptors (Lipinski definition) is 2. The Kier molecular flexibility index (Phi) is 1.62. The molecule has 57 valence electrons. The number of carbonyl (C=O) groups excluding carboxylic acids is 1. The van der Waals surface area contributed by atoms with Gasteiger partial charge in [0.05, 0.1) is 12.7 Å². The molecule has 2 rings (SSSR count). The Bertz CT molecular complexity index is 224. The molecule has 1 aliphatic carbocycles. The zero-order chi connectivity index (χ0) is 7.68. The molecule has 0 N–H and O–H groups in total. The molecule has 2 nitrogen and oxygen atoms in total. The molecule has 1 fully saturated rings. The monoisotopic (exact) mass is 149 g/mol. The first-order valence-electron chi connectivity index (χ1n) is 3.78. The molecular formula is C9H9O2. The van der Waals surface area contributed by atoms with E-state index in [2.05, 4.69) is 6.08 Å². The van der Waals surface area contributed by atoms with Crippen LogP contribution in [0.5, 0.6) is 0 Å². The summed E-state index contributed by atoms with van der Waals surface area (Å²) < 4.78 is 5.04. The van der Waals surface area contributed by atoms with Crippen molar-refractivity contribution in [2.75, 3.05) is 6.61 Å². The molecule has 1 saturated heterocycles. The minimum atomic E-state index is 0.0208. The van der Waals surface area contributed by atoms with Gasteiger partial charge in [-0.25, -0.2) is 0 Å². The van der Waals surface area contributed by atoms with Gasteiger partial charge in [-0.15, -0.1) is 0 Å². The Hall–Kier alpha value is -0.890. The highest BCUT2D eigenvalue weighted by molar-refractivity contribution is 5.90. The topological polar surface area (TPSA) is 29.6 Å². The molecule has 0 aromatic carbocycles. The van der Waals surface area contributed by atoms with Gasteiger partial charge in [0.2, 0.25) is 0 Å². The second kappa shape index (κ2) is 2.62. The normalized spacial score (nSPS) is 34.4. The summed E-state index contributed by atoms with van der Waals surface area (Å²) in [5.74, 6) is 0.107. The number of hydrogen-bond donors (Lipinski definition) is 0. The van der Waals surface area contributed by atoms with Gasteiger partial charge in [0.1, 0.15) is 0 Å². The third kappa shape index (κ3) is 1.57. The van der Waals surface area contributed by atoms with Crippen LogP contribution >= 0.6 is 0 Å². The Labute approximate surface area is 65.5 Å². The minimum absolute atomic E-state index is 0.0208. The van der Waals surface area contributed by atoms with Crippen LogP contribution in [0.4, 0.5) is 0 Å². The van der Waals surface area contributed by atoms with Crippen molar-refractivity contribution in [3.63, 3.8) is 0 Å². The second-order valence-electron chi connectivity index (χ2n) is 2.86. The van der Waals surface area contributed by atoms with Crippen LogP contribution in [0, 0.1) is 12.0 Å². The van der Waals surface area contributed by atoms with Gasteiger partial charge in [0.25, 0.3) is 0 Å². The number of epoxide rings is 1. The minimum Gasteiger partial charge on any atom is -0.373 e. The lowest BCUT2D eigenvalue weighted by molar-refractivity contribution is -0.117. The van der Waals surface area contributed by atoms with Crippen molar-refractivity contribution in [1.82, 2.24) is 0 Å². The zero-order valence-corrected chi connectivity index (χ0v) is 6.12. The zero-order valence-electron chi connectivity index (χ0n) is 6.12. The summed E-state index contributed by atoms with van der Waals surface area (Å²) in [6, 6.07) is 0. The van der Waals surface area contributed by atoms with Crippen molar-refractivity contribution in [1.29, 1.82) is 0 Å². The molecule has 0 amide bonds. The number of ether oxygens (including phenoxy) is 1. The molecule has 2 unspecified atom stereocenters. The van der Waals surface area contributed by atoms with Crippen molar-refractivity contribution in [2.45, 2.75) is 12.5 Å². The van der Waals surface area contributed by atoms with Gasteiger partial charge >= 0.3 is 0 Å². The maximum absolute atomic E-state index is 11.1. The average molecular weight is 149 g/mol. The van der Waals surface area contributed by atoms with E-state index in [4.69, 9.17) is 4.74 Å². The summed E-state index contributed by atoms with van der Waals surface area (Å²) in [5.41, 5.74) is 0. The fourth-order valence-corrected chi connectivity index (χ4v) is 1.19. The van der Waals surface area contributed by atoms with E-state index >= 15 is 0 Å². The third-order valence-corrected chi connectivity index (χ3v) is 1.92. The number of carbonyl (C=O) groups is 1. The van der Waals surface area contributed by atoms with Gasteiger partial charge in [0.15, 0.2) is 5.78 Å². The summed E-state index contributed by atoms with van der Waals surface area (Å²) in [7, 11) is 0. The van der Waals surface area contributed by atoms with Crippen molar-refractivity contribution in [3.05, 3.63) is 24.3 Å². The lowest BCUT2D eigenvalue weighted by Crippen LogP contribution is -2.14. The van der Waals surface area contributed by atoms with Crippen molar-refractivity contribution < 1.29 is 9.53 Å². The molecule has 0 bridgehead atoms. The van der Waals surface area contributed by atoms with Crippen LogP contribution in [0.15, 0.2) is 18.2 Å². The summed E-state index contributed by atoms with van der Waals surface area (Å²) in [4.78, 5) is 11.1. The molecular weight excluding hydrogens is 140 g/mol. The van der Waals surface area contributed by atoms with Crippen molar-refractivity contribution >= 4 is 5.78 Å². The molecule has 0 spiro atoms. The fourth-order valence-electron chi connectivity index (χ4n) is 1.19. The number of allylic oxidation sites excluding steroid dienone is 4. The van der Waals surface area contributed by atoms with Crippen molar-refractivity contribution in [3.8, 4) is 0 Å². The predicted molar refractivity (Wildman–Crippen MR) is 39.8 cm³/mol. The van der Waals surface area contributed by atoms with E-state index in [1.807, 2.05) is 12.2 Å². The summed E-state index contributed by atoms with van der Waals surface area (Å²) in [6.07, 6.45) is 9.26. The van der Waals surface area contributed by atoms with E-state index < -0.39 is 0 Å². The van der Waals surface area contributed by atoms with E-state index in [0.29, 0.717) is 6.10 Å². The van der Waals surface area contributed by atoms with E-state index in [1.54, 1.807) is 6.08 Å². The maximum Gasteiger partial charge on any atom is 0.170 e. The van der Waals surface area contributed by atoms with E-state index in [9.17, 15) is 4.79 Å². The van der Waals surface area contributed by atoms with Crippen LogP contribution in [0.2, 0.25) is 0 Å². The largest absolute Gasteiger partial charge is 0.373 e. The summed E-state index contributed by atoms with van der Waals surface area (Å²) in [6.45, 7) is 0.821. The molecule has 2 aliphatic rings.